The Hall–Kier alpha value is -0.780. The summed E-state index contributed by atoms with van der Waals surface area (Å²) in [5, 5.41) is 7.04. The molecule has 1 heterocycles. The molecule has 0 saturated heterocycles. The summed E-state index contributed by atoms with van der Waals surface area (Å²) < 4.78 is 1.63. The van der Waals surface area contributed by atoms with Gasteiger partial charge in [0, 0.05) is 18.4 Å². The molecule has 0 aliphatic heterocycles. The van der Waals surface area contributed by atoms with Crippen molar-refractivity contribution in [1.29, 1.82) is 0 Å². The monoisotopic (exact) mass is 294 g/mol. The van der Waals surface area contributed by atoms with Gasteiger partial charge in [0.15, 0.2) is 0 Å². The van der Waals surface area contributed by atoms with Gasteiger partial charge in [-0.25, -0.2) is 0 Å². The first-order valence-corrected chi connectivity index (χ1v) is 5.76. The van der Waals surface area contributed by atoms with Crippen LogP contribution < -0.4 is 11.1 Å². The van der Waals surface area contributed by atoms with Crippen molar-refractivity contribution in [2.24, 2.45) is 11.7 Å². The van der Waals surface area contributed by atoms with E-state index in [-0.39, 0.29) is 36.8 Å². The number of carbonyl (C=O) groups excluding carboxylic acids is 1. The summed E-state index contributed by atoms with van der Waals surface area (Å²) in [6.07, 6.45) is 6.80. The third-order valence-corrected chi connectivity index (χ3v) is 3.17. The van der Waals surface area contributed by atoms with Crippen LogP contribution in [0.3, 0.4) is 0 Å². The number of aromatic nitrogens is 2. The molecular formula is C11H20Cl2N4O. The number of nitrogens with one attached hydrogen (secondary N) is 1. The van der Waals surface area contributed by atoms with Crippen molar-refractivity contribution in [2.45, 2.75) is 31.8 Å². The fourth-order valence-electron chi connectivity index (χ4n) is 2.30. The molecule has 0 bridgehead atoms. The zero-order chi connectivity index (χ0) is 11.4. The highest BCUT2D eigenvalue weighted by Gasteiger charge is 2.27. The molecule has 1 aromatic heterocycles. The third-order valence-electron chi connectivity index (χ3n) is 3.17. The van der Waals surface area contributed by atoms with Gasteiger partial charge in [-0.15, -0.1) is 24.8 Å². The minimum Gasteiger partial charge on any atom is -0.351 e. The molecule has 1 amide bonds. The van der Waals surface area contributed by atoms with E-state index in [0.29, 0.717) is 19.0 Å². The van der Waals surface area contributed by atoms with E-state index < -0.39 is 0 Å². The zero-order valence-electron chi connectivity index (χ0n) is 10.1. The summed E-state index contributed by atoms with van der Waals surface area (Å²) in [6, 6.07) is 2.07. The lowest BCUT2D eigenvalue weighted by molar-refractivity contribution is -0.122. The molecule has 0 spiro atoms. The Morgan fingerprint density at radius 3 is 2.83 bits per heavy atom. The lowest BCUT2D eigenvalue weighted by Crippen LogP contribution is -2.41. The fourth-order valence-corrected chi connectivity index (χ4v) is 2.30. The first-order valence-electron chi connectivity index (χ1n) is 5.76. The topological polar surface area (TPSA) is 72.9 Å². The average Bonchev–Trinajstić information content (AvgIpc) is 2.88. The van der Waals surface area contributed by atoms with Gasteiger partial charge in [-0.1, -0.05) is 6.42 Å². The van der Waals surface area contributed by atoms with Gasteiger partial charge >= 0.3 is 0 Å². The standard InChI is InChI=1S/C11H18N4O.2ClH/c12-7-9-3-1-4-10(9)14-11(16)8-15-6-2-5-13-15;;/h2,5-6,9-10H,1,3-4,7-8,12H2,(H,14,16);2*1H. The molecular weight excluding hydrogens is 275 g/mol. The summed E-state index contributed by atoms with van der Waals surface area (Å²) in [6.45, 7) is 0.952. The third kappa shape index (κ3) is 4.48. The zero-order valence-corrected chi connectivity index (χ0v) is 11.8. The molecule has 1 aliphatic carbocycles. The molecule has 1 aliphatic rings. The predicted molar refractivity (Wildman–Crippen MR) is 75.0 cm³/mol. The van der Waals surface area contributed by atoms with E-state index in [1.54, 1.807) is 17.1 Å². The highest BCUT2D eigenvalue weighted by Crippen LogP contribution is 2.24. The van der Waals surface area contributed by atoms with Crippen LogP contribution in [0.5, 0.6) is 0 Å². The van der Waals surface area contributed by atoms with E-state index in [0.717, 1.165) is 19.3 Å². The van der Waals surface area contributed by atoms with E-state index in [1.807, 2.05) is 6.07 Å². The Morgan fingerprint density at radius 1 is 1.44 bits per heavy atom. The Morgan fingerprint density at radius 2 is 2.22 bits per heavy atom. The quantitative estimate of drug-likeness (QED) is 0.869. The van der Waals surface area contributed by atoms with Gasteiger partial charge in [0.25, 0.3) is 0 Å². The number of nitrogens with two attached hydrogens (primary N) is 1. The molecule has 5 nitrogen and oxygen atoms in total. The van der Waals surface area contributed by atoms with Crippen molar-refractivity contribution < 1.29 is 4.79 Å². The normalized spacial score (nSPS) is 21.8. The number of rotatable bonds is 4. The average molecular weight is 295 g/mol. The van der Waals surface area contributed by atoms with Gasteiger partial charge in [-0.3, -0.25) is 9.48 Å². The molecule has 0 aromatic carbocycles. The second-order valence-corrected chi connectivity index (χ2v) is 4.30. The predicted octanol–water partition coefficient (Wildman–Crippen LogP) is 0.970. The number of halogens is 2. The highest BCUT2D eigenvalue weighted by molar-refractivity contribution is 5.85. The van der Waals surface area contributed by atoms with Crippen LogP contribution in [0.1, 0.15) is 19.3 Å². The summed E-state index contributed by atoms with van der Waals surface area (Å²) in [5.74, 6) is 0.468. The number of carbonyl (C=O) groups is 1. The number of nitrogens with zero attached hydrogens (tertiary/aromatic N) is 2. The van der Waals surface area contributed by atoms with E-state index >= 15 is 0 Å². The lowest BCUT2D eigenvalue weighted by atomic mass is 10.0. The van der Waals surface area contributed by atoms with Gasteiger partial charge in [0.1, 0.15) is 6.54 Å². The van der Waals surface area contributed by atoms with Gasteiger partial charge in [-0.05, 0) is 31.4 Å². The molecule has 2 rings (SSSR count). The molecule has 18 heavy (non-hydrogen) atoms. The van der Waals surface area contributed by atoms with Gasteiger partial charge < -0.3 is 11.1 Å². The van der Waals surface area contributed by atoms with Crippen molar-refractivity contribution in [3.63, 3.8) is 0 Å². The number of amides is 1. The Labute approximate surface area is 119 Å². The van der Waals surface area contributed by atoms with E-state index in [4.69, 9.17) is 5.73 Å². The summed E-state index contributed by atoms with van der Waals surface area (Å²) in [5.41, 5.74) is 5.67. The fraction of sp³-hybridized carbons (Fsp3) is 0.636. The molecule has 2 atom stereocenters. The molecule has 0 radical (unpaired) electrons. The molecule has 104 valence electrons. The second kappa shape index (κ2) is 8.34. The van der Waals surface area contributed by atoms with Crippen LogP contribution in [-0.2, 0) is 11.3 Å². The molecule has 7 heteroatoms. The maximum Gasteiger partial charge on any atom is 0.241 e. The summed E-state index contributed by atoms with van der Waals surface area (Å²) in [4.78, 5) is 11.7. The van der Waals surface area contributed by atoms with Crippen LogP contribution in [0, 0.1) is 5.92 Å². The Balaban J connectivity index is 0.00000144. The maximum absolute atomic E-state index is 11.7. The highest BCUT2D eigenvalue weighted by atomic mass is 35.5. The SMILES string of the molecule is Cl.Cl.NCC1CCCC1NC(=O)Cn1cccn1. The van der Waals surface area contributed by atoms with Crippen molar-refractivity contribution in [3.8, 4) is 0 Å². The molecule has 1 fully saturated rings. The molecule has 1 aromatic rings. The van der Waals surface area contributed by atoms with Crippen LogP contribution in [0.25, 0.3) is 0 Å². The minimum absolute atomic E-state index is 0. The van der Waals surface area contributed by atoms with Crippen LogP contribution in [0.2, 0.25) is 0 Å². The van der Waals surface area contributed by atoms with Crippen LogP contribution in [-0.4, -0.2) is 28.3 Å². The molecule has 1 saturated carbocycles. The maximum atomic E-state index is 11.7. The van der Waals surface area contributed by atoms with E-state index in [9.17, 15) is 4.79 Å². The van der Waals surface area contributed by atoms with Gasteiger partial charge in [-0.2, -0.15) is 5.10 Å². The smallest absolute Gasteiger partial charge is 0.241 e. The summed E-state index contributed by atoms with van der Waals surface area (Å²) >= 11 is 0. The number of hydrogen-bond acceptors (Lipinski definition) is 3. The first-order chi connectivity index (χ1) is 7.79. The van der Waals surface area contributed by atoms with Crippen molar-refractivity contribution in [3.05, 3.63) is 18.5 Å². The number of hydrogen-bond donors (Lipinski definition) is 2. The Kier molecular flexibility index (Phi) is 7.98. The lowest BCUT2D eigenvalue weighted by Gasteiger charge is -2.19. The van der Waals surface area contributed by atoms with Crippen LogP contribution >= 0.6 is 24.8 Å². The van der Waals surface area contributed by atoms with Crippen molar-refractivity contribution in [2.75, 3.05) is 6.54 Å². The second-order valence-electron chi connectivity index (χ2n) is 4.30. The largest absolute Gasteiger partial charge is 0.351 e. The Bertz CT molecular complexity index is 345. The van der Waals surface area contributed by atoms with Gasteiger partial charge in [0.2, 0.25) is 5.91 Å². The van der Waals surface area contributed by atoms with Crippen LogP contribution in [0.4, 0.5) is 0 Å². The summed E-state index contributed by atoms with van der Waals surface area (Å²) in [7, 11) is 0. The van der Waals surface area contributed by atoms with Crippen molar-refractivity contribution >= 4 is 30.7 Å². The van der Waals surface area contributed by atoms with E-state index in [2.05, 4.69) is 10.4 Å². The first kappa shape index (κ1) is 17.2. The molecule has 3 N–H and O–H groups in total. The van der Waals surface area contributed by atoms with Crippen LogP contribution in [0.15, 0.2) is 18.5 Å². The minimum atomic E-state index is 0. The van der Waals surface area contributed by atoms with Gasteiger partial charge in [0.05, 0.1) is 0 Å². The van der Waals surface area contributed by atoms with E-state index in [1.165, 1.54) is 0 Å². The van der Waals surface area contributed by atoms with Crippen molar-refractivity contribution in [1.82, 2.24) is 15.1 Å². The molecule has 2 unspecified atom stereocenters.